The minimum absolute atomic E-state index is 0.0193. The Morgan fingerprint density at radius 2 is 1.88 bits per heavy atom. The Labute approximate surface area is 153 Å². The van der Waals surface area contributed by atoms with E-state index in [1.807, 2.05) is 36.4 Å². The molecule has 0 saturated heterocycles. The van der Waals surface area contributed by atoms with Gasteiger partial charge in [-0.15, -0.1) is 0 Å². The van der Waals surface area contributed by atoms with Crippen molar-refractivity contribution in [2.75, 3.05) is 27.4 Å². The quantitative estimate of drug-likeness (QED) is 0.825. The van der Waals surface area contributed by atoms with Crippen LogP contribution in [0, 0.1) is 0 Å². The van der Waals surface area contributed by atoms with E-state index in [0.29, 0.717) is 44.1 Å². The van der Waals surface area contributed by atoms with E-state index in [1.54, 1.807) is 14.2 Å². The lowest BCUT2D eigenvalue weighted by Crippen LogP contribution is -2.24. The average Bonchev–Trinajstić information content (AvgIpc) is 2.70. The molecule has 1 aliphatic rings. The first-order valence-electron chi connectivity index (χ1n) is 8.56. The number of ether oxygens (including phenoxy) is 4. The molecule has 0 unspecified atom stereocenters. The van der Waals surface area contributed by atoms with E-state index >= 15 is 0 Å². The highest BCUT2D eigenvalue weighted by atomic mass is 16.6. The first-order chi connectivity index (χ1) is 12.7. The number of amides is 1. The summed E-state index contributed by atoms with van der Waals surface area (Å²) in [4.78, 5) is 12.2. The van der Waals surface area contributed by atoms with Crippen LogP contribution in [0.4, 0.5) is 0 Å². The number of hydrogen-bond acceptors (Lipinski definition) is 5. The Morgan fingerprint density at radius 3 is 2.69 bits per heavy atom. The number of para-hydroxylation sites is 1. The highest BCUT2D eigenvalue weighted by Crippen LogP contribution is 2.33. The Kier molecular flexibility index (Phi) is 5.84. The van der Waals surface area contributed by atoms with Gasteiger partial charge in [0.1, 0.15) is 13.2 Å². The van der Waals surface area contributed by atoms with Gasteiger partial charge in [0.25, 0.3) is 0 Å². The summed E-state index contributed by atoms with van der Waals surface area (Å²) < 4.78 is 21.7. The summed E-state index contributed by atoms with van der Waals surface area (Å²) in [6.45, 7) is 1.49. The van der Waals surface area contributed by atoms with E-state index in [9.17, 15) is 4.79 Å². The SMILES string of the molecule is COc1ccc(CCC(=O)NCc2cccc3c2OCCO3)cc1OC. The Bertz CT molecular complexity index is 775. The van der Waals surface area contributed by atoms with Gasteiger partial charge in [0.2, 0.25) is 5.91 Å². The fourth-order valence-electron chi connectivity index (χ4n) is 2.85. The van der Waals surface area contributed by atoms with Crippen molar-refractivity contribution in [2.24, 2.45) is 0 Å². The number of rotatable bonds is 7. The molecule has 3 rings (SSSR count). The summed E-state index contributed by atoms with van der Waals surface area (Å²) in [6.07, 6.45) is 1.01. The molecule has 0 aliphatic carbocycles. The van der Waals surface area contributed by atoms with Crippen LogP contribution >= 0.6 is 0 Å². The summed E-state index contributed by atoms with van der Waals surface area (Å²) in [6, 6.07) is 11.4. The second kappa shape index (κ2) is 8.47. The molecule has 1 aliphatic heterocycles. The molecule has 138 valence electrons. The fourth-order valence-corrected chi connectivity index (χ4v) is 2.85. The van der Waals surface area contributed by atoms with Crippen LogP contribution in [-0.2, 0) is 17.8 Å². The monoisotopic (exact) mass is 357 g/mol. The smallest absolute Gasteiger partial charge is 0.220 e. The molecule has 0 atom stereocenters. The molecule has 2 aromatic rings. The summed E-state index contributed by atoms with van der Waals surface area (Å²) in [5.41, 5.74) is 1.94. The maximum absolute atomic E-state index is 12.2. The van der Waals surface area contributed by atoms with E-state index in [2.05, 4.69) is 5.32 Å². The first kappa shape index (κ1) is 17.9. The van der Waals surface area contributed by atoms with Crippen LogP contribution in [0.25, 0.3) is 0 Å². The van der Waals surface area contributed by atoms with Crippen LogP contribution < -0.4 is 24.3 Å². The van der Waals surface area contributed by atoms with Crippen molar-refractivity contribution >= 4 is 5.91 Å². The van der Waals surface area contributed by atoms with Crippen LogP contribution in [0.15, 0.2) is 36.4 Å². The van der Waals surface area contributed by atoms with Gasteiger partial charge >= 0.3 is 0 Å². The van der Waals surface area contributed by atoms with Crippen molar-refractivity contribution in [3.8, 4) is 23.0 Å². The number of hydrogen-bond donors (Lipinski definition) is 1. The molecule has 26 heavy (non-hydrogen) atoms. The minimum atomic E-state index is -0.0193. The van der Waals surface area contributed by atoms with Crippen LogP contribution in [0.2, 0.25) is 0 Å². The summed E-state index contributed by atoms with van der Waals surface area (Å²) in [7, 11) is 3.20. The van der Waals surface area contributed by atoms with Gasteiger partial charge in [-0.2, -0.15) is 0 Å². The average molecular weight is 357 g/mol. The van der Waals surface area contributed by atoms with E-state index in [1.165, 1.54) is 0 Å². The highest BCUT2D eigenvalue weighted by Gasteiger charge is 2.16. The molecule has 0 aromatic heterocycles. The van der Waals surface area contributed by atoms with Gasteiger partial charge in [0.15, 0.2) is 23.0 Å². The molecule has 0 fully saturated rings. The summed E-state index contributed by atoms with van der Waals surface area (Å²) in [5, 5.41) is 2.94. The fraction of sp³-hybridized carbons (Fsp3) is 0.350. The zero-order valence-corrected chi connectivity index (χ0v) is 15.0. The lowest BCUT2D eigenvalue weighted by molar-refractivity contribution is -0.121. The maximum atomic E-state index is 12.2. The normalized spacial score (nSPS) is 12.4. The Balaban J connectivity index is 1.54. The molecule has 6 heteroatoms. The zero-order chi connectivity index (χ0) is 18.4. The van der Waals surface area contributed by atoms with Gasteiger partial charge < -0.3 is 24.3 Å². The van der Waals surface area contributed by atoms with Crippen LogP contribution in [-0.4, -0.2) is 33.3 Å². The highest BCUT2D eigenvalue weighted by molar-refractivity contribution is 5.76. The molecule has 0 spiro atoms. The van der Waals surface area contributed by atoms with Crippen LogP contribution in [0.1, 0.15) is 17.5 Å². The molecular weight excluding hydrogens is 334 g/mol. The minimum Gasteiger partial charge on any atom is -0.493 e. The number of carbonyl (C=O) groups is 1. The van der Waals surface area contributed by atoms with Gasteiger partial charge in [-0.05, 0) is 30.2 Å². The largest absolute Gasteiger partial charge is 0.493 e. The van der Waals surface area contributed by atoms with Crippen LogP contribution in [0.5, 0.6) is 23.0 Å². The molecule has 2 aromatic carbocycles. The second-order valence-corrected chi connectivity index (χ2v) is 5.91. The molecule has 1 amide bonds. The Hall–Kier alpha value is -2.89. The number of benzene rings is 2. The molecule has 0 radical (unpaired) electrons. The van der Waals surface area contributed by atoms with Gasteiger partial charge in [-0.25, -0.2) is 0 Å². The predicted octanol–water partition coefficient (Wildman–Crippen LogP) is 2.72. The topological polar surface area (TPSA) is 66.0 Å². The molecule has 0 saturated carbocycles. The number of fused-ring (bicyclic) bond motifs is 1. The van der Waals surface area contributed by atoms with Crippen LogP contribution in [0.3, 0.4) is 0 Å². The molecule has 1 N–H and O–H groups in total. The van der Waals surface area contributed by atoms with Crippen molar-refractivity contribution in [3.05, 3.63) is 47.5 Å². The lowest BCUT2D eigenvalue weighted by atomic mass is 10.1. The van der Waals surface area contributed by atoms with Crippen molar-refractivity contribution in [2.45, 2.75) is 19.4 Å². The van der Waals surface area contributed by atoms with E-state index < -0.39 is 0 Å². The van der Waals surface area contributed by atoms with Gasteiger partial charge in [0.05, 0.1) is 14.2 Å². The zero-order valence-electron chi connectivity index (χ0n) is 15.0. The van der Waals surface area contributed by atoms with Gasteiger partial charge in [-0.1, -0.05) is 18.2 Å². The molecule has 6 nitrogen and oxygen atoms in total. The molecular formula is C20H23NO5. The van der Waals surface area contributed by atoms with E-state index in [4.69, 9.17) is 18.9 Å². The first-order valence-corrected chi connectivity index (χ1v) is 8.56. The third-order valence-corrected chi connectivity index (χ3v) is 4.21. The summed E-state index contributed by atoms with van der Waals surface area (Å²) >= 11 is 0. The number of carbonyl (C=O) groups excluding carboxylic acids is 1. The second-order valence-electron chi connectivity index (χ2n) is 5.91. The Morgan fingerprint density at radius 1 is 1.08 bits per heavy atom. The maximum Gasteiger partial charge on any atom is 0.220 e. The number of aryl methyl sites for hydroxylation is 1. The standard InChI is InChI=1S/C20H23NO5/c1-23-16-8-6-14(12-18(16)24-2)7-9-19(22)21-13-15-4-3-5-17-20(15)26-11-10-25-17/h3-6,8,12H,7,9-11,13H2,1-2H3,(H,21,22). The van der Waals surface area contributed by atoms with Crippen molar-refractivity contribution in [1.82, 2.24) is 5.32 Å². The molecule has 1 heterocycles. The van der Waals surface area contributed by atoms with E-state index in [0.717, 1.165) is 22.6 Å². The van der Waals surface area contributed by atoms with Crippen molar-refractivity contribution in [1.29, 1.82) is 0 Å². The number of nitrogens with one attached hydrogen (secondary N) is 1. The van der Waals surface area contributed by atoms with Gasteiger partial charge in [-0.3, -0.25) is 4.79 Å². The third-order valence-electron chi connectivity index (χ3n) is 4.21. The lowest BCUT2D eigenvalue weighted by Gasteiger charge is -2.21. The predicted molar refractivity (Wildman–Crippen MR) is 97.1 cm³/mol. The number of methoxy groups -OCH3 is 2. The molecule has 0 bridgehead atoms. The van der Waals surface area contributed by atoms with Crippen molar-refractivity contribution < 1.29 is 23.7 Å². The van der Waals surface area contributed by atoms with E-state index in [-0.39, 0.29) is 5.91 Å². The van der Waals surface area contributed by atoms with Crippen molar-refractivity contribution in [3.63, 3.8) is 0 Å². The third kappa shape index (κ3) is 4.20. The summed E-state index contributed by atoms with van der Waals surface area (Å²) in [5.74, 6) is 2.77. The van der Waals surface area contributed by atoms with Gasteiger partial charge in [0, 0.05) is 18.5 Å².